The SMILES string of the molecule is CCc1nc(C)c(C(C)NCCCN2CCC(O)CC2)s1. The van der Waals surface area contributed by atoms with Gasteiger partial charge in [0.15, 0.2) is 0 Å². The molecule has 0 aromatic carbocycles. The number of hydrogen-bond acceptors (Lipinski definition) is 5. The number of nitrogens with one attached hydrogen (secondary N) is 1. The number of nitrogens with zero attached hydrogens (tertiary/aromatic N) is 2. The maximum atomic E-state index is 9.50. The molecule has 2 rings (SSSR count). The molecule has 0 spiro atoms. The average Bonchev–Trinajstić information content (AvgIpc) is 2.86. The number of aliphatic hydroxyl groups excluding tert-OH is 1. The summed E-state index contributed by atoms with van der Waals surface area (Å²) >= 11 is 1.84. The van der Waals surface area contributed by atoms with Gasteiger partial charge < -0.3 is 15.3 Å². The second-order valence-corrected chi connectivity index (χ2v) is 7.13. The summed E-state index contributed by atoms with van der Waals surface area (Å²) in [6.07, 6.45) is 3.99. The van der Waals surface area contributed by atoms with Crippen LogP contribution in [0.25, 0.3) is 0 Å². The first-order chi connectivity index (χ1) is 10.1. The highest BCUT2D eigenvalue weighted by Gasteiger charge is 2.17. The van der Waals surface area contributed by atoms with Crippen LogP contribution in [0, 0.1) is 6.92 Å². The van der Waals surface area contributed by atoms with Crippen molar-refractivity contribution >= 4 is 11.3 Å². The lowest BCUT2D eigenvalue weighted by molar-refractivity contribution is 0.0820. The van der Waals surface area contributed by atoms with Crippen LogP contribution in [-0.4, -0.2) is 47.3 Å². The number of likely N-dealkylation sites (tertiary alicyclic amines) is 1. The standard InChI is InChI=1S/C16H29N3OS/c1-4-15-18-13(3)16(21-15)12(2)17-8-5-9-19-10-6-14(20)7-11-19/h12,14,17,20H,4-11H2,1-3H3. The van der Waals surface area contributed by atoms with Crippen LogP contribution in [0.15, 0.2) is 0 Å². The zero-order valence-electron chi connectivity index (χ0n) is 13.6. The van der Waals surface area contributed by atoms with Crippen molar-refractivity contribution in [1.82, 2.24) is 15.2 Å². The maximum absolute atomic E-state index is 9.50. The van der Waals surface area contributed by atoms with Gasteiger partial charge in [-0.15, -0.1) is 11.3 Å². The Morgan fingerprint density at radius 3 is 2.76 bits per heavy atom. The Hall–Kier alpha value is -0.490. The Kier molecular flexibility index (Phi) is 6.61. The van der Waals surface area contributed by atoms with E-state index in [9.17, 15) is 5.11 Å². The number of rotatable bonds is 7. The fraction of sp³-hybridized carbons (Fsp3) is 0.812. The lowest BCUT2D eigenvalue weighted by Gasteiger charge is -2.29. The van der Waals surface area contributed by atoms with Gasteiger partial charge in [-0.3, -0.25) is 0 Å². The van der Waals surface area contributed by atoms with Crippen molar-refractivity contribution in [3.8, 4) is 0 Å². The molecule has 1 saturated heterocycles. The molecular formula is C16H29N3OS. The molecule has 1 aromatic heterocycles. The van der Waals surface area contributed by atoms with Crippen molar-refractivity contribution < 1.29 is 5.11 Å². The Balaban J connectivity index is 1.67. The zero-order valence-corrected chi connectivity index (χ0v) is 14.4. The predicted molar refractivity (Wildman–Crippen MR) is 88.9 cm³/mol. The van der Waals surface area contributed by atoms with Crippen LogP contribution in [0.2, 0.25) is 0 Å². The minimum atomic E-state index is -0.0681. The largest absolute Gasteiger partial charge is 0.393 e. The lowest BCUT2D eigenvalue weighted by Crippen LogP contribution is -2.37. The molecule has 0 bridgehead atoms. The van der Waals surface area contributed by atoms with E-state index in [0.29, 0.717) is 6.04 Å². The summed E-state index contributed by atoms with van der Waals surface area (Å²) in [5.74, 6) is 0. The third kappa shape index (κ3) is 5.02. The highest BCUT2D eigenvalue weighted by Crippen LogP contribution is 2.25. The smallest absolute Gasteiger partial charge is 0.0928 e. The molecule has 1 atom stereocenters. The van der Waals surface area contributed by atoms with Crippen molar-refractivity contribution in [3.63, 3.8) is 0 Å². The average molecular weight is 311 g/mol. The highest BCUT2D eigenvalue weighted by atomic mass is 32.1. The molecule has 2 heterocycles. The molecule has 5 heteroatoms. The molecule has 21 heavy (non-hydrogen) atoms. The van der Waals surface area contributed by atoms with Gasteiger partial charge in [0.2, 0.25) is 0 Å². The molecular weight excluding hydrogens is 282 g/mol. The molecule has 1 unspecified atom stereocenters. The fourth-order valence-corrected chi connectivity index (χ4v) is 3.91. The van der Waals surface area contributed by atoms with E-state index in [-0.39, 0.29) is 6.10 Å². The van der Waals surface area contributed by atoms with E-state index in [1.54, 1.807) is 0 Å². The number of thiazole rings is 1. The number of hydrogen-bond donors (Lipinski definition) is 2. The van der Waals surface area contributed by atoms with E-state index in [4.69, 9.17) is 0 Å². The molecule has 120 valence electrons. The van der Waals surface area contributed by atoms with Crippen molar-refractivity contribution in [2.75, 3.05) is 26.2 Å². The second-order valence-electron chi connectivity index (χ2n) is 6.01. The lowest BCUT2D eigenvalue weighted by atomic mass is 10.1. The van der Waals surface area contributed by atoms with E-state index in [1.807, 2.05) is 11.3 Å². The van der Waals surface area contributed by atoms with Crippen LogP contribution in [-0.2, 0) is 6.42 Å². The summed E-state index contributed by atoms with van der Waals surface area (Å²) < 4.78 is 0. The Morgan fingerprint density at radius 1 is 1.43 bits per heavy atom. The summed E-state index contributed by atoms with van der Waals surface area (Å²) in [5.41, 5.74) is 1.18. The number of aromatic nitrogens is 1. The van der Waals surface area contributed by atoms with Crippen LogP contribution in [0.1, 0.15) is 54.7 Å². The molecule has 1 aromatic rings. The van der Waals surface area contributed by atoms with Crippen molar-refractivity contribution in [2.24, 2.45) is 0 Å². The topological polar surface area (TPSA) is 48.4 Å². The summed E-state index contributed by atoms with van der Waals surface area (Å²) in [4.78, 5) is 8.45. The molecule has 4 nitrogen and oxygen atoms in total. The van der Waals surface area contributed by atoms with E-state index < -0.39 is 0 Å². The van der Waals surface area contributed by atoms with Gasteiger partial charge >= 0.3 is 0 Å². The monoisotopic (exact) mass is 311 g/mol. The first kappa shape index (κ1) is 16.9. The molecule has 0 saturated carbocycles. The van der Waals surface area contributed by atoms with Gasteiger partial charge in [0.25, 0.3) is 0 Å². The van der Waals surface area contributed by atoms with Crippen molar-refractivity contribution in [1.29, 1.82) is 0 Å². The highest BCUT2D eigenvalue weighted by molar-refractivity contribution is 7.11. The maximum Gasteiger partial charge on any atom is 0.0928 e. The number of piperidine rings is 1. The molecule has 1 aliphatic heterocycles. The molecule has 1 fully saturated rings. The Labute approximate surface area is 132 Å². The molecule has 0 aliphatic carbocycles. The van der Waals surface area contributed by atoms with E-state index in [0.717, 1.165) is 45.4 Å². The first-order valence-electron chi connectivity index (χ1n) is 8.20. The predicted octanol–water partition coefficient (Wildman–Crippen LogP) is 2.51. The fourth-order valence-electron chi connectivity index (χ4n) is 2.88. The quantitative estimate of drug-likeness (QED) is 0.760. The third-order valence-corrected chi connectivity index (χ3v) is 5.72. The van der Waals surface area contributed by atoms with E-state index in [1.165, 1.54) is 22.0 Å². The normalized spacial score (nSPS) is 19.0. The zero-order chi connectivity index (χ0) is 15.2. The minimum absolute atomic E-state index is 0.0681. The van der Waals surface area contributed by atoms with Crippen LogP contribution in [0.5, 0.6) is 0 Å². The molecule has 0 radical (unpaired) electrons. The minimum Gasteiger partial charge on any atom is -0.393 e. The van der Waals surface area contributed by atoms with Crippen LogP contribution in [0.3, 0.4) is 0 Å². The van der Waals surface area contributed by atoms with Crippen LogP contribution in [0.4, 0.5) is 0 Å². The summed E-state index contributed by atoms with van der Waals surface area (Å²) in [6.45, 7) is 10.8. The van der Waals surface area contributed by atoms with Gasteiger partial charge in [0, 0.05) is 24.0 Å². The van der Waals surface area contributed by atoms with Gasteiger partial charge in [0.05, 0.1) is 16.8 Å². The second kappa shape index (κ2) is 8.22. The van der Waals surface area contributed by atoms with Gasteiger partial charge in [0.1, 0.15) is 0 Å². The summed E-state index contributed by atoms with van der Waals surface area (Å²) in [6, 6.07) is 0.394. The van der Waals surface area contributed by atoms with Gasteiger partial charge in [-0.2, -0.15) is 0 Å². The van der Waals surface area contributed by atoms with Crippen LogP contribution < -0.4 is 5.32 Å². The van der Waals surface area contributed by atoms with Crippen LogP contribution >= 0.6 is 11.3 Å². The van der Waals surface area contributed by atoms with E-state index in [2.05, 4.69) is 36.0 Å². The molecule has 2 N–H and O–H groups in total. The van der Waals surface area contributed by atoms with Gasteiger partial charge in [-0.25, -0.2) is 4.98 Å². The van der Waals surface area contributed by atoms with E-state index >= 15 is 0 Å². The van der Waals surface area contributed by atoms with Gasteiger partial charge in [-0.05, 0) is 52.6 Å². The Bertz CT molecular complexity index is 427. The Morgan fingerprint density at radius 2 is 2.14 bits per heavy atom. The summed E-state index contributed by atoms with van der Waals surface area (Å²) in [5, 5.41) is 14.4. The number of aliphatic hydroxyl groups is 1. The summed E-state index contributed by atoms with van der Waals surface area (Å²) in [7, 11) is 0. The number of aryl methyl sites for hydroxylation is 2. The third-order valence-electron chi connectivity index (χ3n) is 4.23. The van der Waals surface area contributed by atoms with Crippen molar-refractivity contribution in [2.45, 2.75) is 58.6 Å². The molecule has 1 aliphatic rings. The van der Waals surface area contributed by atoms with Gasteiger partial charge in [-0.1, -0.05) is 6.92 Å². The molecule has 0 amide bonds. The van der Waals surface area contributed by atoms with Crippen molar-refractivity contribution in [3.05, 3.63) is 15.6 Å². The first-order valence-corrected chi connectivity index (χ1v) is 9.01.